The van der Waals surface area contributed by atoms with E-state index in [2.05, 4.69) is 11.8 Å². The molecule has 1 aromatic carbocycles. The van der Waals surface area contributed by atoms with E-state index in [-0.39, 0.29) is 11.8 Å². The summed E-state index contributed by atoms with van der Waals surface area (Å²) in [5, 5.41) is 0.867. The number of halogens is 2. The summed E-state index contributed by atoms with van der Waals surface area (Å²) in [6.45, 7) is 6.26. The zero-order valence-corrected chi connectivity index (χ0v) is 15.2. The van der Waals surface area contributed by atoms with Crippen molar-refractivity contribution in [2.24, 2.45) is 0 Å². The maximum Gasteiger partial charge on any atom is 0.277 e. The molecule has 0 spiro atoms. The molecule has 24 heavy (non-hydrogen) atoms. The van der Waals surface area contributed by atoms with E-state index in [1.807, 2.05) is 4.90 Å². The molecule has 0 bridgehead atoms. The molecule has 0 N–H and O–H groups in total. The average Bonchev–Trinajstić information content (AvgIpc) is 2.79. The summed E-state index contributed by atoms with van der Waals surface area (Å²) in [6, 6.07) is 4.97. The highest BCUT2D eigenvalue weighted by Crippen LogP contribution is 2.35. The molecule has 3 rings (SSSR count). The van der Waals surface area contributed by atoms with Gasteiger partial charge in [-0.15, -0.1) is 0 Å². The molecule has 0 aliphatic carbocycles. The second-order valence-corrected chi connectivity index (χ2v) is 6.78. The average molecular weight is 368 g/mol. The monoisotopic (exact) mass is 367 g/mol. The summed E-state index contributed by atoms with van der Waals surface area (Å²) < 4.78 is 0. The molecule has 1 fully saturated rings. The molecular formula is C17H19Cl2N3O2. The molecule has 0 atom stereocenters. The van der Waals surface area contributed by atoms with E-state index in [9.17, 15) is 9.59 Å². The van der Waals surface area contributed by atoms with Gasteiger partial charge < -0.3 is 9.80 Å². The van der Waals surface area contributed by atoms with E-state index in [1.54, 1.807) is 18.2 Å². The fourth-order valence-corrected chi connectivity index (χ4v) is 3.65. The van der Waals surface area contributed by atoms with Crippen LogP contribution in [0, 0.1) is 0 Å². The number of rotatable bonds is 3. The zero-order chi connectivity index (χ0) is 17.4. The third kappa shape index (κ3) is 2.92. The van der Waals surface area contributed by atoms with E-state index in [1.165, 1.54) is 7.05 Å². The Morgan fingerprint density at radius 3 is 2.29 bits per heavy atom. The second-order valence-electron chi connectivity index (χ2n) is 5.94. The van der Waals surface area contributed by atoms with Gasteiger partial charge in [0.05, 0.1) is 10.6 Å². The lowest BCUT2D eigenvalue weighted by Gasteiger charge is -2.35. The molecular weight excluding hydrogens is 349 g/mol. The molecule has 5 nitrogen and oxygen atoms in total. The number of carbonyl (C=O) groups is 2. The van der Waals surface area contributed by atoms with Crippen LogP contribution in [0.2, 0.25) is 10.0 Å². The lowest BCUT2D eigenvalue weighted by molar-refractivity contribution is -0.136. The van der Waals surface area contributed by atoms with Crippen LogP contribution in [-0.4, -0.2) is 66.3 Å². The summed E-state index contributed by atoms with van der Waals surface area (Å²) in [4.78, 5) is 30.8. The first-order valence-electron chi connectivity index (χ1n) is 7.93. The van der Waals surface area contributed by atoms with Crippen LogP contribution in [0.4, 0.5) is 0 Å². The molecule has 0 radical (unpaired) electrons. The highest BCUT2D eigenvalue weighted by Gasteiger charge is 2.40. The first-order chi connectivity index (χ1) is 11.4. The fourth-order valence-electron chi connectivity index (χ4n) is 3.14. The number of hydrogen-bond donors (Lipinski definition) is 0. The van der Waals surface area contributed by atoms with Crippen LogP contribution >= 0.6 is 23.2 Å². The predicted octanol–water partition coefficient (Wildman–Crippen LogP) is 2.34. The van der Waals surface area contributed by atoms with Crippen molar-refractivity contribution >= 4 is 40.6 Å². The van der Waals surface area contributed by atoms with Crippen LogP contribution in [-0.2, 0) is 9.59 Å². The largest absolute Gasteiger partial charge is 0.364 e. The first kappa shape index (κ1) is 17.3. The molecule has 2 aliphatic rings. The molecule has 0 aromatic heterocycles. The van der Waals surface area contributed by atoms with E-state index in [0.717, 1.165) is 24.5 Å². The first-order valence-corrected chi connectivity index (χ1v) is 8.69. The maximum atomic E-state index is 12.7. The minimum Gasteiger partial charge on any atom is -0.364 e. The molecule has 1 saturated heterocycles. The Balaban J connectivity index is 2.05. The molecule has 2 amide bonds. The Labute approximate surface area is 151 Å². The number of hydrogen-bond acceptors (Lipinski definition) is 4. The number of nitrogens with zero attached hydrogens (tertiary/aromatic N) is 3. The van der Waals surface area contributed by atoms with Gasteiger partial charge in [-0.1, -0.05) is 36.2 Å². The molecule has 128 valence electrons. The van der Waals surface area contributed by atoms with Gasteiger partial charge >= 0.3 is 0 Å². The van der Waals surface area contributed by atoms with Crippen LogP contribution in [0.3, 0.4) is 0 Å². The summed E-state index contributed by atoms with van der Waals surface area (Å²) in [5.74, 6) is -0.594. The highest BCUT2D eigenvalue weighted by atomic mass is 35.5. The van der Waals surface area contributed by atoms with Crippen molar-refractivity contribution in [1.82, 2.24) is 14.7 Å². The number of benzene rings is 1. The number of carbonyl (C=O) groups excluding carboxylic acids is 2. The molecule has 0 saturated carbocycles. The van der Waals surface area contributed by atoms with Crippen molar-refractivity contribution in [2.45, 2.75) is 6.92 Å². The lowest BCUT2D eigenvalue weighted by Crippen LogP contribution is -2.47. The van der Waals surface area contributed by atoms with E-state index >= 15 is 0 Å². The van der Waals surface area contributed by atoms with Gasteiger partial charge in [-0.2, -0.15) is 0 Å². The van der Waals surface area contributed by atoms with Crippen molar-refractivity contribution in [1.29, 1.82) is 0 Å². The second kappa shape index (κ2) is 6.75. The standard InChI is InChI=1S/C17H19Cl2N3O2/c1-3-21-6-8-22(9-7-21)15-14(16(23)20(2)17(15)24)12-5-4-11(18)10-13(12)19/h4-5,10H,3,6-9H2,1-2H3. The van der Waals surface area contributed by atoms with Gasteiger partial charge in [0.25, 0.3) is 11.8 Å². The van der Waals surface area contributed by atoms with Gasteiger partial charge in [0.2, 0.25) is 0 Å². The minimum atomic E-state index is -0.322. The maximum absolute atomic E-state index is 12.7. The Morgan fingerprint density at radius 1 is 1.04 bits per heavy atom. The third-order valence-corrected chi connectivity index (χ3v) is 5.15. The van der Waals surface area contributed by atoms with Gasteiger partial charge in [-0.25, -0.2) is 0 Å². The normalized spacial score (nSPS) is 19.7. The quantitative estimate of drug-likeness (QED) is 0.769. The summed E-state index contributed by atoms with van der Waals surface area (Å²) in [7, 11) is 1.50. The number of likely N-dealkylation sites (N-methyl/N-ethyl adjacent to an activating group) is 2. The van der Waals surface area contributed by atoms with Crippen molar-refractivity contribution in [3.8, 4) is 0 Å². The van der Waals surface area contributed by atoms with Crippen LogP contribution in [0.1, 0.15) is 12.5 Å². The zero-order valence-electron chi connectivity index (χ0n) is 13.7. The smallest absolute Gasteiger partial charge is 0.277 e. The van der Waals surface area contributed by atoms with E-state index in [4.69, 9.17) is 23.2 Å². The van der Waals surface area contributed by atoms with Crippen LogP contribution < -0.4 is 0 Å². The SMILES string of the molecule is CCN1CCN(C2=C(c3ccc(Cl)cc3Cl)C(=O)N(C)C2=O)CC1. The Morgan fingerprint density at radius 2 is 1.71 bits per heavy atom. The van der Waals surface area contributed by atoms with Crippen LogP contribution in [0.15, 0.2) is 23.9 Å². The van der Waals surface area contributed by atoms with E-state index in [0.29, 0.717) is 40.0 Å². The van der Waals surface area contributed by atoms with Crippen molar-refractivity contribution < 1.29 is 9.59 Å². The Kier molecular flexibility index (Phi) is 4.85. The Bertz CT molecular complexity index is 725. The molecule has 2 heterocycles. The van der Waals surface area contributed by atoms with Crippen LogP contribution in [0.5, 0.6) is 0 Å². The fraction of sp³-hybridized carbons (Fsp3) is 0.412. The van der Waals surface area contributed by atoms with Crippen molar-refractivity contribution in [2.75, 3.05) is 39.8 Å². The van der Waals surface area contributed by atoms with Gasteiger partial charge in [0.1, 0.15) is 5.70 Å². The van der Waals surface area contributed by atoms with Gasteiger partial charge in [-0.05, 0) is 18.7 Å². The summed E-state index contributed by atoms with van der Waals surface area (Å²) >= 11 is 12.2. The summed E-state index contributed by atoms with van der Waals surface area (Å²) in [6.07, 6.45) is 0. The highest BCUT2D eigenvalue weighted by molar-refractivity contribution is 6.41. The van der Waals surface area contributed by atoms with Gasteiger partial charge in [0.15, 0.2) is 0 Å². The van der Waals surface area contributed by atoms with Crippen molar-refractivity contribution in [3.05, 3.63) is 39.5 Å². The minimum absolute atomic E-state index is 0.272. The molecule has 2 aliphatic heterocycles. The van der Waals surface area contributed by atoms with Crippen LogP contribution in [0.25, 0.3) is 5.57 Å². The van der Waals surface area contributed by atoms with Gasteiger partial charge in [-0.3, -0.25) is 14.5 Å². The molecule has 0 unspecified atom stereocenters. The van der Waals surface area contributed by atoms with Crippen molar-refractivity contribution in [3.63, 3.8) is 0 Å². The molecule has 7 heteroatoms. The Hall–Kier alpha value is -1.56. The topological polar surface area (TPSA) is 43.9 Å². The predicted molar refractivity (Wildman–Crippen MR) is 94.8 cm³/mol. The summed E-state index contributed by atoms with van der Waals surface area (Å²) in [5.41, 5.74) is 1.37. The third-order valence-electron chi connectivity index (χ3n) is 4.60. The molecule has 1 aromatic rings. The number of imide groups is 1. The number of piperazine rings is 1. The lowest BCUT2D eigenvalue weighted by atomic mass is 10.0. The number of amides is 2. The van der Waals surface area contributed by atoms with E-state index < -0.39 is 0 Å². The van der Waals surface area contributed by atoms with Gasteiger partial charge in [0, 0.05) is 43.8 Å².